The molecule has 0 radical (unpaired) electrons. The molecule has 0 atom stereocenters. The molecule has 1 rings (SSSR count). The summed E-state index contributed by atoms with van der Waals surface area (Å²) >= 11 is 4.12. The molecule has 0 saturated heterocycles. The number of halogens is 3. The Morgan fingerprint density at radius 2 is 1.88 bits per heavy atom. The second-order valence-corrected chi connectivity index (χ2v) is 6.58. The van der Waals surface area contributed by atoms with Crippen LogP contribution in [0.1, 0.15) is 52.9 Å². The first kappa shape index (κ1) is 21.1. The summed E-state index contributed by atoms with van der Waals surface area (Å²) in [6, 6.07) is 0. The molecule has 0 amide bonds. The van der Waals surface area contributed by atoms with Crippen molar-refractivity contribution in [3.05, 3.63) is 22.7 Å². The zero-order valence-electron chi connectivity index (χ0n) is 14.9. The Bertz CT molecular complexity index is 486. The molecular formula is C17H29F3N2OS. The van der Waals surface area contributed by atoms with Crippen molar-refractivity contribution in [3.8, 4) is 0 Å². The van der Waals surface area contributed by atoms with Crippen LogP contribution >= 0.6 is 12.6 Å². The second-order valence-electron chi connectivity index (χ2n) is 6.26. The van der Waals surface area contributed by atoms with Crippen LogP contribution in [0.4, 0.5) is 13.2 Å². The number of ether oxygens (including phenoxy) is 1. The van der Waals surface area contributed by atoms with E-state index in [1.807, 2.05) is 13.8 Å². The Kier molecular flexibility index (Phi) is 7.83. The number of allylic oxidation sites excluding steroid dienone is 1. The minimum absolute atomic E-state index is 0.0569. The van der Waals surface area contributed by atoms with Crippen LogP contribution in [-0.2, 0) is 4.74 Å². The number of nitrogens with one attached hydrogen (secondary N) is 2. The lowest BCUT2D eigenvalue weighted by atomic mass is 9.94. The molecule has 1 aliphatic rings. The summed E-state index contributed by atoms with van der Waals surface area (Å²) < 4.78 is 47.1. The van der Waals surface area contributed by atoms with Gasteiger partial charge in [-0.3, -0.25) is 0 Å². The van der Waals surface area contributed by atoms with Gasteiger partial charge in [0.25, 0.3) is 0 Å². The van der Waals surface area contributed by atoms with Crippen LogP contribution in [0.5, 0.6) is 0 Å². The summed E-state index contributed by atoms with van der Waals surface area (Å²) in [7, 11) is 1.69. The van der Waals surface area contributed by atoms with E-state index in [0.717, 1.165) is 12.8 Å². The number of rotatable bonds is 10. The fourth-order valence-electron chi connectivity index (χ4n) is 2.89. The Morgan fingerprint density at radius 1 is 1.29 bits per heavy atom. The van der Waals surface area contributed by atoms with Crippen molar-refractivity contribution >= 4 is 12.6 Å². The Balaban J connectivity index is 3.04. The average Bonchev–Trinajstić information content (AvgIpc) is 2.82. The third kappa shape index (κ3) is 5.53. The van der Waals surface area contributed by atoms with E-state index in [1.165, 1.54) is 0 Å². The number of thiol groups is 1. The number of alkyl halides is 3. The molecule has 7 heteroatoms. The highest BCUT2D eigenvalue weighted by Gasteiger charge is 2.42. The lowest BCUT2D eigenvalue weighted by Gasteiger charge is -2.27. The number of hydrogen-bond donors (Lipinski definition) is 3. The molecule has 0 saturated carbocycles. The van der Waals surface area contributed by atoms with Gasteiger partial charge < -0.3 is 15.4 Å². The van der Waals surface area contributed by atoms with E-state index in [2.05, 4.69) is 23.3 Å². The Morgan fingerprint density at radius 3 is 2.33 bits per heavy atom. The van der Waals surface area contributed by atoms with Crippen LogP contribution in [0.3, 0.4) is 0 Å². The van der Waals surface area contributed by atoms with Gasteiger partial charge in [-0.1, -0.05) is 26.7 Å². The molecule has 24 heavy (non-hydrogen) atoms. The van der Waals surface area contributed by atoms with E-state index < -0.39 is 18.2 Å². The number of hydrogen-bond acceptors (Lipinski definition) is 4. The highest BCUT2D eigenvalue weighted by molar-refractivity contribution is 7.80. The Hall–Kier alpha value is -0.980. The van der Waals surface area contributed by atoms with Gasteiger partial charge in [0.05, 0.1) is 12.1 Å². The topological polar surface area (TPSA) is 33.3 Å². The molecule has 0 fully saturated rings. The van der Waals surface area contributed by atoms with Crippen molar-refractivity contribution in [2.24, 2.45) is 0 Å². The summed E-state index contributed by atoms with van der Waals surface area (Å²) in [5.74, 6) is 0.245. The lowest BCUT2D eigenvalue weighted by Crippen LogP contribution is -2.38. The maximum absolute atomic E-state index is 15.0. The van der Waals surface area contributed by atoms with Gasteiger partial charge in [-0.2, -0.15) is 21.4 Å². The third-order valence-electron chi connectivity index (χ3n) is 4.14. The van der Waals surface area contributed by atoms with E-state index in [9.17, 15) is 8.78 Å². The zero-order chi connectivity index (χ0) is 18.4. The Labute approximate surface area is 148 Å². The molecule has 0 unspecified atom stereocenters. The van der Waals surface area contributed by atoms with Gasteiger partial charge in [-0.15, -0.1) is 0 Å². The quantitative estimate of drug-likeness (QED) is 0.497. The van der Waals surface area contributed by atoms with Crippen LogP contribution in [-0.4, -0.2) is 31.1 Å². The van der Waals surface area contributed by atoms with Gasteiger partial charge in [0.15, 0.2) is 5.76 Å². The molecule has 0 aliphatic carbocycles. The van der Waals surface area contributed by atoms with Gasteiger partial charge in [-0.05, 0) is 25.3 Å². The van der Waals surface area contributed by atoms with Gasteiger partial charge in [0, 0.05) is 25.0 Å². The van der Waals surface area contributed by atoms with Crippen LogP contribution < -0.4 is 10.6 Å². The van der Waals surface area contributed by atoms with E-state index in [1.54, 1.807) is 14.0 Å². The fourth-order valence-corrected chi connectivity index (χ4v) is 3.15. The molecule has 140 valence electrons. The SMILES string of the molecule is CCCC(F)(CCC)CN/C(C1=C(CS)CC(F)(F)O1)=C(/C)NC. The van der Waals surface area contributed by atoms with E-state index in [-0.39, 0.29) is 18.1 Å². The first-order chi connectivity index (χ1) is 11.2. The van der Waals surface area contributed by atoms with Crippen molar-refractivity contribution in [1.82, 2.24) is 10.6 Å². The average molecular weight is 366 g/mol. The largest absolute Gasteiger partial charge is 0.430 e. The van der Waals surface area contributed by atoms with Crippen LogP contribution in [0.15, 0.2) is 22.7 Å². The van der Waals surface area contributed by atoms with Crippen molar-refractivity contribution in [3.63, 3.8) is 0 Å². The van der Waals surface area contributed by atoms with Crippen LogP contribution in [0.2, 0.25) is 0 Å². The highest BCUT2D eigenvalue weighted by Crippen LogP contribution is 2.40. The molecule has 2 N–H and O–H groups in total. The molecule has 0 aromatic rings. The van der Waals surface area contributed by atoms with Crippen LogP contribution in [0, 0.1) is 0 Å². The first-order valence-electron chi connectivity index (χ1n) is 8.43. The fraction of sp³-hybridized carbons (Fsp3) is 0.765. The predicted octanol–water partition coefficient (Wildman–Crippen LogP) is 4.53. The standard InChI is InChI=1S/C17H29F3N2OS/c1-5-7-16(18,8-6-2)11-22-14(12(3)21-4)15-13(10-24)9-17(19,20)23-15/h21-22,24H,5-11H2,1-4H3/b14-12-. The van der Waals surface area contributed by atoms with E-state index in [0.29, 0.717) is 29.8 Å². The lowest BCUT2D eigenvalue weighted by molar-refractivity contribution is -0.195. The second kappa shape index (κ2) is 8.92. The highest BCUT2D eigenvalue weighted by atomic mass is 32.1. The summed E-state index contributed by atoms with van der Waals surface area (Å²) in [5.41, 5.74) is 0.0483. The third-order valence-corrected chi connectivity index (χ3v) is 4.52. The zero-order valence-corrected chi connectivity index (χ0v) is 15.8. The normalized spacial score (nSPS) is 18.3. The summed E-state index contributed by atoms with van der Waals surface area (Å²) in [6.45, 7) is 5.66. The van der Waals surface area contributed by atoms with Gasteiger partial charge >= 0.3 is 6.11 Å². The molecule has 0 spiro atoms. The van der Waals surface area contributed by atoms with Crippen molar-refractivity contribution in [2.45, 2.75) is 64.7 Å². The molecule has 1 heterocycles. The van der Waals surface area contributed by atoms with Crippen molar-refractivity contribution in [1.29, 1.82) is 0 Å². The minimum Gasteiger partial charge on any atom is -0.430 e. The monoisotopic (exact) mass is 366 g/mol. The minimum atomic E-state index is -3.24. The molecular weight excluding hydrogens is 337 g/mol. The summed E-state index contributed by atoms with van der Waals surface area (Å²) in [6.07, 6.45) is -1.43. The molecule has 0 bridgehead atoms. The van der Waals surface area contributed by atoms with Crippen molar-refractivity contribution < 1.29 is 17.9 Å². The molecule has 3 nitrogen and oxygen atoms in total. The van der Waals surface area contributed by atoms with E-state index in [4.69, 9.17) is 4.74 Å². The summed E-state index contributed by atoms with van der Waals surface area (Å²) in [5, 5.41) is 5.94. The van der Waals surface area contributed by atoms with Gasteiger partial charge in [0.1, 0.15) is 5.67 Å². The van der Waals surface area contributed by atoms with Gasteiger partial charge in [0.2, 0.25) is 0 Å². The smallest absolute Gasteiger partial charge is 0.401 e. The predicted molar refractivity (Wildman–Crippen MR) is 94.9 cm³/mol. The molecule has 0 aromatic carbocycles. The molecule has 0 aromatic heterocycles. The van der Waals surface area contributed by atoms with Gasteiger partial charge in [-0.25, -0.2) is 4.39 Å². The van der Waals surface area contributed by atoms with Crippen molar-refractivity contribution in [2.75, 3.05) is 19.3 Å². The van der Waals surface area contributed by atoms with Crippen LogP contribution in [0.25, 0.3) is 0 Å². The van der Waals surface area contributed by atoms with E-state index >= 15 is 4.39 Å². The molecule has 1 aliphatic heterocycles. The maximum atomic E-state index is 15.0. The maximum Gasteiger partial charge on any atom is 0.401 e. The summed E-state index contributed by atoms with van der Waals surface area (Å²) in [4.78, 5) is 0. The first-order valence-corrected chi connectivity index (χ1v) is 9.06.